The molecule has 1 saturated heterocycles. The zero-order valence-electron chi connectivity index (χ0n) is 39.5. The molecule has 1 aliphatic rings. The van der Waals surface area contributed by atoms with Crippen LogP contribution in [-0.2, 0) is 39.0 Å². The summed E-state index contributed by atoms with van der Waals surface area (Å²) in [5, 5.41) is 25.0. The average molecular weight is 858 g/mol. The lowest BCUT2D eigenvalue weighted by Gasteiger charge is -2.47. The highest BCUT2D eigenvalue weighted by atomic mass is 28.4. The smallest absolute Gasteiger partial charge is 0.248 e. The van der Waals surface area contributed by atoms with Crippen LogP contribution in [0, 0.1) is 17.8 Å². The maximum Gasteiger partial charge on any atom is 0.248 e. The summed E-state index contributed by atoms with van der Waals surface area (Å²) in [6, 6.07) is 7.85. The second kappa shape index (κ2) is 19.7. The molecule has 2 N–H and O–H groups in total. The van der Waals surface area contributed by atoms with Crippen LogP contribution in [0.5, 0.6) is 5.75 Å². The molecular formula is C43H83NO10Si3. The highest BCUT2D eigenvalue weighted by molar-refractivity contribution is 6.75. The molecule has 0 aromatic heterocycles. The van der Waals surface area contributed by atoms with Gasteiger partial charge in [-0.2, -0.15) is 0 Å². The van der Waals surface area contributed by atoms with Crippen molar-refractivity contribution in [3.05, 3.63) is 29.8 Å². The van der Waals surface area contributed by atoms with Crippen molar-refractivity contribution in [1.29, 1.82) is 0 Å². The lowest BCUT2D eigenvalue weighted by Crippen LogP contribution is -2.58. The lowest BCUT2D eigenvalue weighted by atomic mass is 9.78. The number of ether oxygens (including phenoxy) is 3. The molecule has 57 heavy (non-hydrogen) atoms. The van der Waals surface area contributed by atoms with Crippen molar-refractivity contribution >= 4 is 30.9 Å². The van der Waals surface area contributed by atoms with E-state index < -0.39 is 67.3 Å². The number of amides is 1. The molecule has 0 unspecified atom stereocenters. The fraction of sp³-hybridized carbons (Fsp3) is 0.837. The van der Waals surface area contributed by atoms with Crippen molar-refractivity contribution in [2.24, 2.45) is 17.8 Å². The number of hydroxylamine groups is 2. The molecule has 1 aromatic rings. The molecule has 0 bridgehead atoms. The molecule has 1 amide bonds. The van der Waals surface area contributed by atoms with Gasteiger partial charge in [0.05, 0.1) is 64.9 Å². The summed E-state index contributed by atoms with van der Waals surface area (Å²) < 4.78 is 39.7. The lowest BCUT2D eigenvalue weighted by molar-refractivity contribution is -0.172. The number of carbonyl (C=O) groups is 1. The van der Waals surface area contributed by atoms with E-state index >= 15 is 0 Å². The Hall–Kier alpha value is -1.18. The van der Waals surface area contributed by atoms with Crippen molar-refractivity contribution in [2.45, 2.75) is 174 Å². The summed E-state index contributed by atoms with van der Waals surface area (Å²) >= 11 is 0. The van der Waals surface area contributed by atoms with E-state index in [1.165, 1.54) is 12.2 Å². The minimum absolute atomic E-state index is 0.00312. The van der Waals surface area contributed by atoms with Crippen molar-refractivity contribution < 1.29 is 47.3 Å². The summed E-state index contributed by atoms with van der Waals surface area (Å²) in [5.41, 5.74) is 0.246. The Balaban J connectivity index is 2.70. The van der Waals surface area contributed by atoms with Gasteiger partial charge in [-0.25, -0.2) is 5.06 Å². The molecule has 8 atom stereocenters. The van der Waals surface area contributed by atoms with E-state index in [9.17, 15) is 15.0 Å². The van der Waals surface area contributed by atoms with Gasteiger partial charge in [0, 0.05) is 31.4 Å². The molecule has 1 aromatic carbocycles. The van der Waals surface area contributed by atoms with Gasteiger partial charge in [0.25, 0.3) is 0 Å². The van der Waals surface area contributed by atoms with Gasteiger partial charge in [-0.15, -0.1) is 0 Å². The third kappa shape index (κ3) is 13.4. The van der Waals surface area contributed by atoms with Crippen molar-refractivity contribution in [2.75, 3.05) is 41.1 Å². The minimum atomic E-state index is -2.52. The van der Waals surface area contributed by atoms with E-state index in [0.29, 0.717) is 13.2 Å². The highest BCUT2D eigenvalue weighted by Gasteiger charge is 2.65. The van der Waals surface area contributed by atoms with Crippen LogP contribution in [-0.4, -0.2) is 117 Å². The fourth-order valence-electron chi connectivity index (χ4n) is 6.33. The summed E-state index contributed by atoms with van der Waals surface area (Å²) in [6.07, 6.45) is -2.93. The van der Waals surface area contributed by atoms with Crippen LogP contribution in [0.25, 0.3) is 0 Å². The standard InChI is InChI=1S/C43H83NO10Si3/c1-30(27-50-28-31-21-23-32(48-13)24-22-31)38-43(11,52-38)39(54-57(19,20)42(8,9)10)34(29-51-55(15,16)40(2,3)4)37(47)33(26-45)35(25-36(46)44(12)49-14)53-56(17,18)41(5,6)7/h21-24,30,33-35,37-39,45,47H,25-29H2,1-20H3/t30-,33-,34-,35-,37+,38+,39-,43+/m0/s1. The second-order valence-corrected chi connectivity index (χ2v) is 35.5. The van der Waals surface area contributed by atoms with Gasteiger partial charge in [-0.05, 0) is 79.0 Å². The molecule has 11 nitrogen and oxygen atoms in total. The number of aliphatic hydroxyl groups excluding tert-OH is 2. The number of hydrogen-bond acceptors (Lipinski definition) is 10. The molecule has 1 aliphatic heterocycles. The van der Waals surface area contributed by atoms with Crippen LogP contribution < -0.4 is 4.74 Å². The van der Waals surface area contributed by atoms with E-state index in [-0.39, 0.29) is 46.1 Å². The molecule has 0 radical (unpaired) electrons. The summed E-state index contributed by atoms with van der Waals surface area (Å²) in [7, 11) is -2.75. The van der Waals surface area contributed by atoms with E-state index in [0.717, 1.165) is 11.3 Å². The second-order valence-electron chi connectivity index (χ2n) is 21.1. The number of aliphatic hydroxyl groups is 2. The molecule has 1 fully saturated rings. The van der Waals surface area contributed by atoms with Crippen LogP contribution in [0.15, 0.2) is 24.3 Å². The van der Waals surface area contributed by atoms with E-state index in [1.54, 1.807) is 14.2 Å². The van der Waals surface area contributed by atoms with Gasteiger partial charge in [-0.3, -0.25) is 9.63 Å². The molecule has 0 aliphatic carbocycles. The topological polar surface area (TPSA) is 129 Å². The van der Waals surface area contributed by atoms with Crippen molar-refractivity contribution in [1.82, 2.24) is 5.06 Å². The van der Waals surface area contributed by atoms with Crippen LogP contribution in [0.1, 0.15) is 88.1 Å². The van der Waals surface area contributed by atoms with Crippen molar-refractivity contribution in [3.8, 4) is 5.75 Å². The van der Waals surface area contributed by atoms with Crippen molar-refractivity contribution in [3.63, 3.8) is 0 Å². The Bertz CT molecular complexity index is 1410. The molecular weight excluding hydrogens is 775 g/mol. The Labute approximate surface area is 350 Å². The monoisotopic (exact) mass is 858 g/mol. The zero-order chi connectivity index (χ0) is 44.2. The highest BCUT2D eigenvalue weighted by Crippen LogP contribution is 2.52. The first-order valence-corrected chi connectivity index (χ1v) is 29.5. The summed E-state index contributed by atoms with van der Waals surface area (Å²) in [6.45, 7) is 37.6. The third-order valence-corrected chi connectivity index (χ3v) is 27.1. The predicted molar refractivity (Wildman–Crippen MR) is 237 cm³/mol. The van der Waals surface area contributed by atoms with Gasteiger partial charge in [0.1, 0.15) is 11.4 Å². The normalized spacial score (nSPS) is 21.7. The summed E-state index contributed by atoms with van der Waals surface area (Å²) in [4.78, 5) is 18.8. The average Bonchev–Trinajstić information content (AvgIpc) is 3.78. The first-order valence-electron chi connectivity index (χ1n) is 20.8. The van der Waals surface area contributed by atoms with Gasteiger partial charge >= 0.3 is 0 Å². The van der Waals surface area contributed by atoms with E-state index in [2.05, 4.69) is 115 Å². The number of benzene rings is 1. The summed E-state index contributed by atoms with van der Waals surface area (Å²) in [5.74, 6) is -1.00. The molecule has 332 valence electrons. The maximum atomic E-state index is 13.5. The number of nitrogens with zero attached hydrogens (tertiary/aromatic N) is 1. The van der Waals surface area contributed by atoms with Gasteiger partial charge < -0.3 is 37.7 Å². The first kappa shape index (κ1) is 52.0. The Kier molecular flexibility index (Phi) is 17.9. The minimum Gasteiger partial charge on any atom is -0.497 e. The number of carbonyl (C=O) groups excluding carboxylic acids is 1. The van der Waals surface area contributed by atoms with E-state index in [4.69, 9.17) is 32.3 Å². The molecule has 0 saturated carbocycles. The maximum absolute atomic E-state index is 13.5. The van der Waals surface area contributed by atoms with E-state index in [1.807, 2.05) is 24.3 Å². The number of rotatable bonds is 22. The predicted octanol–water partition coefficient (Wildman–Crippen LogP) is 8.80. The molecule has 1 heterocycles. The largest absolute Gasteiger partial charge is 0.497 e. The van der Waals surface area contributed by atoms with Crippen LogP contribution >= 0.6 is 0 Å². The molecule has 14 heteroatoms. The fourth-order valence-corrected chi connectivity index (χ4v) is 10.1. The third-order valence-electron chi connectivity index (χ3n) is 13.7. The SMILES string of the molecule is COc1ccc(COC[C@H](C)[C@H]2O[C@@]2(C)[C@@H](O[Si](C)(C)C(C)(C)C)[C@@H](CO[Si](C)(C)C(C)(C)C)[C@H](O)[C@@H](CO)[C@H](CC(=O)N(C)OC)O[Si](C)(C)C(C)(C)C)cc1. The number of methoxy groups -OCH3 is 1. The van der Waals surface area contributed by atoms with Crippen LogP contribution in [0.4, 0.5) is 0 Å². The zero-order valence-corrected chi connectivity index (χ0v) is 42.5. The van der Waals surface area contributed by atoms with Gasteiger partial charge in [0.15, 0.2) is 25.0 Å². The van der Waals surface area contributed by atoms with Gasteiger partial charge in [0.2, 0.25) is 5.91 Å². The molecule has 2 rings (SSSR count). The Morgan fingerprint density at radius 3 is 1.81 bits per heavy atom. The Morgan fingerprint density at radius 2 is 1.35 bits per heavy atom. The molecule has 0 spiro atoms. The number of epoxide rings is 1. The van der Waals surface area contributed by atoms with Crippen LogP contribution in [0.3, 0.4) is 0 Å². The quantitative estimate of drug-likeness (QED) is 0.0664. The van der Waals surface area contributed by atoms with Crippen LogP contribution in [0.2, 0.25) is 54.4 Å². The number of hydrogen-bond donors (Lipinski definition) is 2. The Morgan fingerprint density at radius 1 is 0.842 bits per heavy atom. The first-order chi connectivity index (χ1) is 25.8. The van der Waals surface area contributed by atoms with Gasteiger partial charge in [-0.1, -0.05) is 81.4 Å².